The molecule has 0 atom stereocenters. The molecule has 2 heterocycles. The van der Waals surface area contributed by atoms with Gasteiger partial charge in [0.2, 0.25) is 10.0 Å². The third-order valence-electron chi connectivity index (χ3n) is 3.92. The summed E-state index contributed by atoms with van der Waals surface area (Å²) in [4.78, 5) is 8.55. The molecule has 0 aliphatic heterocycles. The Morgan fingerprint density at radius 2 is 1.89 bits per heavy atom. The maximum atomic E-state index is 12.4. The van der Waals surface area contributed by atoms with Gasteiger partial charge in [-0.1, -0.05) is 0 Å². The summed E-state index contributed by atoms with van der Waals surface area (Å²) in [5.74, 6) is 2.00. The molecule has 0 unspecified atom stereocenters. The number of aryl methyl sites for hydroxylation is 1. The molecule has 2 N–H and O–H groups in total. The highest BCUT2D eigenvalue weighted by molar-refractivity contribution is 7.89. The van der Waals surface area contributed by atoms with E-state index in [9.17, 15) is 8.42 Å². The molecule has 0 bridgehead atoms. The smallest absolute Gasteiger partial charge is 0.240 e. The van der Waals surface area contributed by atoms with Crippen LogP contribution >= 0.6 is 0 Å². The van der Waals surface area contributed by atoms with Gasteiger partial charge in [0.25, 0.3) is 0 Å². The Bertz CT molecular complexity index is 1000. The molecule has 0 amide bonds. The minimum Gasteiger partial charge on any atom is -0.496 e. The van der Waals surface area contributed by atoms with Gasteiger partial charge in [0.15, 0.2) is 0 Å². The highest BCUT2D eigenvalue weighted by atomic mass is 32.2. The molecular weight excluding hydrogens is 366 g/mol. The first kappa shape index (κ1) is 18.9. The summed E-state index contributed by atoms with van der Waals surface area (Å²) >= 11 is 0. The molecule has 0 fully saturated rings. The molecule has 9 heteroatoms. The summed E-state index contributed by atoms with van der Waals surface area (Å²) in [6.07, 6.45) is 5.23. The van der Waals surface area contributed by atoms with Crippen molar-refractivity contribution in [2.45, 2.75) is 11.8 Å². The van der Waals surface area contributed by atoms with E-state index in [2.05, 4.69) is 20.0 Å². The molecule has 1 aromatic carbocycles. The zero-order valence-electron chi connectivity index (χ0n) is 15.1. The van der Waals surface area contributed by atoms with Crippen LogP contribution in [0.5, 0.6) is 5.75 Å². The second kappa shape index (κ2) is 8.19. The van der Waals surface area contributed by atoms with Crippen LogP contribution in [0.25, 0.3) is 5.82 Å². The summed E-state index contributed by atoms with van der Waals surface area (Å²) in [6, 6.07) is 10.4. The van der Waals surface area contributed by atoms with E-state index in [1.54, 1.807) is 32.2 Å². The van der Waals surface area contributed by atoms with Crippen molar-refractivity contribution in [1.29, 1.82) is 0 Å². The number of anilines is 1. The van der Waals surface area contributed by atoms with Gasteiger partial charge in [0, 0.05) is 31.5 Å². The number of sulfonamides is 1. The van der Waals surface area contributed by atoms with Gasteiger partial charge in [-0.3, -0.25) is 0 Å². The van der Waals surface area contributed by atoms with Gasteiger partial charge in [-0.25, -0.2) is 23.1 Å². The molecule has 0 saturated carbocycles. The van der Waals surface area contributed by atoms with Crippen molar-refractivity contribution >= 4 is 15.8 Å². The number of nitrogens with one attached hydrogen (secondary N) is 2. The van der Waals surface area contributed by atoms with Crippen LogP contribution in [0.3, 0.4) is 0 Å². The third-order valence-corrected chi connectivity index (χ3v) is 5.38. The first-order valence-corrected chi connectivity index (χ1v) is 9.81. The zero-order chi connectivity index (χ0) is 19.3. The van der Waals surface area contributed by atoms with Crippen molar-refractivity contribution < 1.29 is 13.2 Å². The monoisotopic (exact) mass is 387 g/mol. The Kier molecular flexibility index (Phi) is 5.72. The number of rotatable bonds is 8. The van der Waals surface area contributed by atoms with E-state index in [1.807, 2.05) is 29.1 Å². The molecule has 27 heavy (non-hydrogen) atoms. The minimum absolute atomic E-state index is 0.206. The molecule has 3 aromatic rings. The third kappa shape index (κ3) is 4.63. The summed E-state index contributed by atoms with van der Waals surface area (Å²) < 4.78 is 34.4. The van der Waals surface area contributed by atoms with Crippen molar-refractivity contribution in [1.82, 2.24) is 19.3 Å². The molecule has 0 saturated heterocycles. The van der Waals surface area contributed by atoms with E-state index < -0.39 is 10.0 Å². The van der Waals surface area contributed by atoms with Gasteiger partial charge < -0.3 is 14.6 Å². The van der Waals surface area contributed by atoms with Gasteiger partial charge >= 0.3 is 0 Å². The fraction of sp³-hybridized carbons (Fsp3) is 0.222. The number of ether oxygens (including phenoxy) is 1. The molecular formula is C18H21N5O3S. The van der Waals surface area contributed by atoms with E-state index in [1.165, 1.54) is 12.4 Å². The van der Waals surface area contributed by atoms with Crippen LogP contribution < -0.4 is 14.8 Å². The predicted octanol–water partition coefficient (Wildman–Crippen LogP) is 1.97. The Balaban J connectivity index is 1.57. The van der Waals surface area contributed by atoms with Crippen molar-refractivity contribution in [3.8, 4) is 11.6 Å². The SMILES string of the molecule is COc1ccc(S(=O)(=O)NCCNc2cc(-n3cccc3)ncn2)cc1C. The predicted molar refractivity (Wildman–Crippen MR) is 103 cm³/mol. The molecule has 2 aromatic heterocycles. The first-order valence-electron chi connectivity index (χ1n) is 8.33. The van der Waals surface area contributed by atoms with Crippen LogP contribution in [-0.2, 0) is 10.0 Å². The van der Waals surface area contributed by atoms with Crippen molar-refractivity contribution in [3.05, 3.63) is 60.7 Å². The fourth-order valence-electron chi connectivity index (χ4n) is 2.55. The van der Waals surface area contributed by atoms with E-state index in [0.717, 1.165) is 11.4 Å². The minimum atomic E-state index is -3.59. The van der Waals surface area contributed by atoms with Crippen LogP contribution in [-0.4, -0.2) is 43.2 Å². The van der Waals surface area contributed by atoms with E-state index >= 15 is 0 Å². The molecule has 0 spiro atoms. The average molecular weight is 387 g/mol. The maximum absolute atomic E-state index is 12.4. The van der Waals surface area contributed by atoms with E-state index in [-0.39, 0.29) is 11.4 Å². The van der Waals surface area contributed by atoms with Crippen LogP contribution in [0.4, 0.5) is 5.82 Å². The van der Waals surface area contributed by atoms with Gasteiger partial charge in [0.1, 0.15) is 23.7 Å². The Hall–Kier alpha value is -2.91. The number of hydrogen-bond acceptors (Lipinski definition) is 6. The van der Waals surface area contributed by atoms with Crippen LogP contribution in [0, 0.1) is 6.92 Å². The van der Waals surface area contributed by atoms with Crippen molar-refractivity contribution in [2.24, 2.45) is 0 Å². The van der Waals surface area contributed by atoms with Crippen LogP contribution in [0.1, 0.15) is 5.56 Å². The standard InChI is InChI=1S/C18H21N5O3S/c1-14-11-15(5-6-16(14)26-2)27(24,25)22-8-7-19-17-12-18(21-13-20-17)23-9-3-4-10-23/h3-6,9-13,22H,7-8H2,1-2H3,(H,19,20,21). The second-order valence-electron chi connectivity index (χ2n) is 5.81. The average Bonchev–Trinajstić information content (AvgIpc) is 3.20. The van der Waals surface area contributed by atoms with Crippen LogP contribution in [0.2, 0.25) is 0 Å². The topological polar surface area (TPSA) is 98.1 Å². The lowest BCUT2D eigenvalue weighted by molar-refractivity contribution is 0.411. The highest BCUT2D eigenvalue weighted by Crippen LogP contribution is 2.21. The van der Waals surface area contributed by atoms with Gasteiger partial charge in [-0.05, 0) is 42.8 Å². The highest BCUT2D eigenvalue weighted by Gasteiger charge is 2.14. The van der Waals surface area contributed by atoms with Gasteiger partial charge in [0.05, 0.1) is 12.0 Å². The Morgan fingerprint density at radius 3 is 2.59 bits per heavy atom. The molecule has 0 aliphatic carbocycles. The number of methoxy groups -OCH3 is 1. The zero-order valence-corrected chi connectivity index (χ0v) is 15.9. The van der Waals surface area contributed by atoms with Crippen LogP contribution in [0.15, 0.2) is 60.0 Å². The Morgan fingerprint density at radius 1 is 1.11 bits per heavy atom. The first-order chi connectivity index (χ1) is 13.0. The Labute approximate surface area is 158 Å². The summed E-state index contributed by atoms with van der Waals surface area (Å²) in [7, 11) is -2.04. The molecule has 3 rings (SSSR count). The molecule has 8 nitrogen and oxygen atoms in total. The van der Waals surface area contributed by atoms with E-state index in [4.69, 9.17) is 4.74 Å². The molecule has 142 valence electrons. The lowest BCUT2D eigenvalue weighted by Gasteiger charge is -2.11. The lowest BCUT2D eigenvalue weighted by Crippen LogP contribution is -2.29. The maximum Gasteiger partial charge on any atom is 0.240 e. The number of nitrogens with zero attached hydrogens (tertiary/aromatic N) is 3. The number of benzene rings is 1. The summed E-state index contributed by atoms with van der Waals surface area (Å²) in [6.45, 7) is 2.41. The van der Waals surface area contributed by atoms with E-state index in [0.29, 0.717) is 18.1 Å². The molecule has 0 radical (unpaired) electrons. The van der Waals surface area contributed by atoms with Gasteiger partial charge in [-0.15, -0.1) is 0 Å². The quantitative estimate of drug-likeness (QED) is 0.574. The molecule has 0 aliphatic rings. The van der Waals surface area contributed by atoms with Crippen molar-refractivity contribution in [3.63, 3.8) is 0 Å². The second-order valence-corrected chi connectivity index (χ2v) is 7.57. The fourth-order valence-corrected chi connectivity index (χ4v) is 3.67. The summed E-state index contributed by atoms with van der Waals surface area (Å²) in [5, 5.41) is 3.09. The lowest BCUT2D eigenvalue weighted by atomic mass is 10.2. The van der Waals surface area contributed by atoms with Gasteiger partial charge in [-0.2, -0.15) is 0 Å². The van der Waals surface area contributed by atoms with Crippen molar-refractivity contribution in [2.75, 3.05) is 25.5 Å². The largest absolute Gasteiger partial charge is 0.496 e. The number of hydrogen-bond donors (Lipinski definition) is 2. The number of aromatic nitrogens is 3. The normalized spacial score (nSPS) is 11.3. The summed E-state index contributed by atoms with van der Waals surface area (Å²) in [5.41, 5.74) is 0.761.